The van der Waals surface area contributed by atoms with E-state index in [0.29, 0.717) is 17.2 Å². The van der Waals surface area contributed by atoms with Crippen LogP contribution in [0.5, 0.6) is 11.5 Å². The Hall–Kier alpha value is -3.35. The molecule has 7 heteroatoms. The van der Waals surface area contributed by atoms with Crippen molar-refractivity contribution in [2.45, 2.75) is 0 Å². The maximum absolute atomic E-state index is 13.1. The van der Waals surface area contributed by atoms with E-state index in [1.807, 2.05) is 0 Å². The molecule has 0 saturated carbocycles. The number of likely N-dealkylation sites (N-methyl/N-ethyl adjacent to an activating group) is 1. The number of benzene rings is 2. The lowest BCUT2D eigenvalue weighted by Gasteiger charge is -2.15. The Morgan fingerprint density at radius 3 is 2.52 bits per heavy atom. The number of rotatable bonds is 7. The third-order valence-electron chi connectivity index (χ3n) is 3.69. The molecule has 1 N–H and O–H groups in total. The number of ether oxygens (including phenoxy) is 2. The number of hydrogen-bond donors (Lipinski definition) is 1. The number of halogens is 1. The zero-order valence-corrected chi connectivity index (χ0v) is 15.4. The molecule has 2 aromatic carbocycles. The first-order chi connectivity index (χ1) is 12.9. The van der Waals surface area contributed by atoms with Crippen molar-refractivity contribution < 1.29 is 23.5 Å². The van der Waals surface area contributed by atoms with Gasteiger partial charge in [-0.1, -0.05) is 12.1 Å². The molecule has 0 aliphatic heterocycles. The number of methoxy groups -OCH3 is 2. The molecular weight excluding hydrogens is 351 g/mol. The minimum Gasteiger partial charge on any atom is -0.493 e. The second-order valence-electron chi connectivity index (χ2n) is 5.70. The first-order valence-corrected chi connectivity index (χ1v) is 8.13. The smallest absolute Gasteiger partial charge is 0.246 e. The minimum atomic E-state index is -0.449. The average Bonchev–Trinajstić information content (AvgIpc) is 2.65. The van der Waals surface area contributed by atoms with Gasteiger partial charge in [-0.3, -0.25) is 9.59 Å². The zero-order chi connectivity index (χ0) is 19.8. The largest absolute Gasteiger partial charge is 0.493 e. The van der Waals surface area contributed by atoms with E-state index in [9.17, 15) is 14.0 Å². The molecule has 6 nitrogen and oxygen atoms in total. The molecule has 0 aromatic heterocycles. The summed E-state index contributed by atoms with van der Waals surface area (Å²) >= 11 is 0. The summed E-state index contributed by atoms with van der Waals surface area (Å²) in [5.41, 5.74) is 1.08. The third kappa shape index (κ3) is 5.85. The maximum atomic E-state index is 13.1. The molecule has 2 amide bonds. The van der Waals surface area contributed by atoms with Crippen LogP contribution < -0.4 is 14.8 Å². The van der Waals surface area contributed by atoms with Crippen molar-refractivity contribution in [1.29, 1.82) is 0 Å². The van der Waals surface area contributed by atoms with Crippen molar-refractivity contribution in [2.24, 2.45) is 0 Å². The molecule has 2 aromatic rings. The zero-order valence-electron chi connectivity index (χ0n) is 15.4. The summed E-state index contributed by atoms with van der Waals surface area (Å²) in [6, 6.07) is 10.8. The van der Waals surface area contributed by atoms with Gasteiger partial charge in [0, 0.05) is 18.8 Å². The second-order valence-corrected chi connectivity index (χ2v) is 5.70. The Morgan fingerprint density at radius 1 is 1.11 bits per heavy atom. The van der Waals surface area contributed by atoms with Crippen molar-refractivity contribution in [3.05, 3.63) is 59.9 Å². The predicted octanol–water partition coefficient (Wildman–Crippen LogP) is 2.95. The lowest BCUT2D eigenvalue weighted by Crippen LogP contribution is -2.33. The van der Waals surface area contributed by atoms with E-state index in [2.05, 4.69) is 5.32 Å². The van der Waals surface area contributed by atoms with Crippen LogP contribution in [-0.4, -0.2) is 44.5 Å². The van der Waals surface area contributed by atoms with Crippen molar-refractivity contribution in [3.63, 3.8) is 0 Å². The van der Waals surface area contributed by atoms with Gasteiger partial charge in [0.15, 0.2) is 11.5 Å². The van der Waals surface area contributed by atoms with Crippen LogP contribution in [0.25, 0.3) is 6.08 Å². The van der Waals surface area contributed by atoms with Gasteiger partial charge in [-0.2, -0.15) is 0 Å². The lowest BCUT2D eigenvalue weighted by atomic mass is 10.2. The van der Waals surface area contributed by atoms with Gasteiger partial charge in [-0.15, -0.1) is 0 Å². The van der Waals surface area contributed by atoms with E-state index in [0.717, 1.165) is 5.56 Å². The normalized spacial score (nSPS) is 10.5. The number of amides is 2. The molecule has 0 aliphatic carbocycles. The highest BCUT2D eigenvalue weighted by atomic mass is 19.1. The standard InChI is InChI=1S/C20H21FN2O4/c1-23(13-19(24)22-16-6-4-5-15(21)12-16)20(25)10-8-14-7-9-17(26-2)18(11-14)27-3/h4-12H,13H2,1-3H3,(H,22,24)/b10-8+. The monoisotopic (exact) mass is 372 g/mol. The molecule has 142 valence electrons. The average molecular weight is 372 g/mol. The van der Waals surface area contributed by atoms with Crippen molar-refractivity contribution >= 4 is 23.6 Å². The fourth-order valence-corrected chi connectivity index (χ4v) is 2.31. The summed E-state index contributed by atoms with van der Waals surface area (Å²) in [7, 11) is 4.58. The van der Waals surface area contributed by atoms with Gasteiger partial charge in [0.1, 0.15) is 5.82 Å². The Labute approximate surface area is 157 Å². The number of hydrogen-bond acceptors (Lipinski definition) is 4. The summed E-state index contributed by atoms with van der Waals surface area (Å²) in [4.78, 5) is 25.4. The molecule has 0 atom stereocenters. The van der Waals surface area contributed by atoms with Crippen molar-refractivity contribution in [2.75, 3.05) is 33.1 Å². The molecule has 0 saturated heterocycles. The van der Waals surface area contributed by atoms with E-state index >= 15 is 0 Å². The molecule has 0 heterocycles. The van der Waals surface area contributed by atoms with Gasteiger partial charge in [0.25, 0.3) is 0 Å². The topological polar surface area (TPSA) is 67.9 Å². The first-order valence-electron chi connectivity index (χ1n) is 8.13. The number of carbonyl (C=O) groups excluding carboxylic acids is 2. The molecule has 0 spiro atoms. The van der Waals surface area contributed by atoms with E-state index in [1.54, 1.807) is 37.5 Å². The Morgan fingerprint density at radius 2 is 1.85 bits per heavy atom. The van der Waals surface area contributed by atoms with Crippen LogP contribution in [0.4, 0.5) is 10.1 Å². The maximum Gasteiger partial charge on any atom is 0.246 e. The Balaban J connectivity index is 1.94. The minimum absolute atomic E-state index is 0.161. The number of nitrogens with zero attached hydrogens (tertiary/aromatic N) is 1. The molecule has 2 rings (SSSR count). The summed E-state index contributed by atoms with van der Waals surface area (Å²) in [6.45, 7) is -0.161. The SMILES string of the molecule is COc1ccc(/C=C/C(=O)N(C)CC(=O)Nc2cccc(F)c2)cc1OC. The van der Waals surface area contributed by atoms with Crippen LogP contribution in [0.1, 0.15) is 5.56 Å². The highest BCUT2D eigenvalue weighted by molar-refractivity contribution is 5.97. The summed E-state index contributed by atoms with van der Waals surface area (Å²) < 4.78 is 23.5. The van der Waals surface area contributed by atoms with E-state index in [-0.39, 0.29) is 12.5 Å². The van der Waals surface area contributed by atoms with E-state index < -0.39 is 11.7 Å². The van der Waals surface area contributed by atoms with Crippen LogP contribution in [0.2, 0.25) is 0 Å². The van der Waals surface area contributed by atoms with Crippen molar-refractivity contribution in [1.82, 2.24) is 4.90 Å². The Kier molecular flexibility index (Phi) is 6.93. The second kappa shape index (κ2) is 9.38. The van der Waals surface area contributed by atoms with Gasteiger partial charge in [-0.05, 0) is 42.0 Å². The molecule has 0 radical (unpaired) electrons. The number of anilines is 1. The predicted molar refractivity (Wildman–Crippen MR) is 101 cm³/mol. The van der Waals surface area contributed by atoms with E-state index in [4.69, 9.17) is 9.47 Å². The molecular formula is C20H21FN2O4. The lowest BCUT2D eigenvalue weighted by molar-refractivity contribution is -0.129. The van der Waals surface area contributed by atoms with Crippen LogP contribution in [0.15, 0.2) is 48.5 Å². The fourth-order valence-electron chi connectivity index (χ4n) is 2.31. The summed E-state index contributed by atoms with van der Waals surface area (Å²) in [5, 5.41) is 2.54. The quantitative estimate of drug-likeness (QED) is 0.759. The molecule has 0 aliphatic rings. The summed E-state index contributed by atoms with van der Waals surface area (Å²) in [6.07, 6.45) is 2.97. The molecule has 27 heavy (non-hydrogen) atoms. The third-order valence-corrected chi connectivity index (χ3v) is 3.69. The molecule has 0 bridgehead atoms. The van der Waals surface area contributed by atoms with Crippen LogP contribution in [0.3, 0.4) is 0 Å². The van der Waals surface area contributed by atoms with Crippen LogP contribution in [-0.2, 0) is 9.59 Å². The van der Waals surface area contributed by atoms with Gasteiger partial charge >= 0.3 is 0 Å². The highest BCUT2D eigenvalue weighted by Crippen LogP contribution is 2.27. The highest BCUT2D eigenvalue weighted by Gasteiger charge is 2.11. The van der Waals surface area contributed by atoms with Crippen LogP contribution >= 0.6 is 0 Å². The van der Waals surface area contributed by atoms with Gasteiger partial charge in [-0.25, -0.2) is 4.39 Å². The van der Waals surface area contributed by atoms with Gasteiger partial charge in [0.2, 0.25) is 11.8 Å². The first kappa shape index (κ1) is 20.0. The van der Waals surface area contributed by atoms with E-state index in [1.165, 1.54) is 43.3 Å². The fraction of sp³-hybridized carbons (Fsp3) is 0.200. The molecule has 0 fully saturated rings. The van der Waals surface area contributed by atoms with Gasteiger partial charge < -0.3 is 19.7 Å². The number of carbonyl (C=O) groups is 2. The Bertz CT molecular complexity index is 852. The van der Waals surface area contributed by atoms with Crippen LogP contribution in [0, 0.1) is 5.82 Å². The van der Waals surface area contributed by atoms with Crippen molar-refractivity contribution in [3.8, 4) is 11.5 Å². The number of nitrogens with one attached hydrogen (secondary N) is 1. The summed E-state index contributed by atoms with van der Waals surface area (Å²) in [5.74, 6) is -0.0766. The van der Waals surface area contributed by atoms with Gasteiger partial charge in [0.05, 0.1) is 20.8 Å². The molecule has 0 unspecified atom stereocenters.